The van der Waals surface area contributed by atoms with Crippen LogP contribution in [-0.4, -0.2) is 22.2 Å². The number of carboxylic acids is 1. The van der Waals surface area contributed by atoms with E-state index in [1.54, 1.807) is 0 Å². The molecule has 1 atom stereocenters. The van der Waals surface area contributed by atoms with Crippen LogP contribution >= 0.6 is 0 Å². The van der Waals surface area contributed by atoms with E-state index < -0.39 is 53.0 Å². The molecule has 0 bridgehead atoms. The third-order valence-corrected chi connectivity index (χ3v) is 2.07. The van der Waals surface area contributed by atoms with Crippen LogP contribution in [0.25, 0.3) is 0 Å². The van der Waals surface area contributed by atoms with E-state index in [-0.39, 0.29) is 0 Å². The molecule has 0 heterocycles. The predicted octanol–water partition coefficient (Wildman–Crippen LogP) is 0.903. The molecule has 0 unspecified atom stereocenters. The van der Waals surface area contributed by atoms with Gasteiger partial charge in [0.25, 0.3) is 0 Å². The Hall–Kier alpha value is -1.83. The van der Waals surface area contributed by atoms with Crippen LogP contribution in [0.5, 0.6) is 5.75 Å². The zero-order chi connectivity index (χ0) is 13.3. The van der Waals surface area contributed by atoms with Crippen molar-refractivity contribution in [1.29, 1.82) is 0 Å². The second-order valence-corrected chi connectivity index (χ2v) is 3.23. The summed E-state index contributed by atoms with van der Waals surface area (Å²) in [5.41, 5.74) is 3.82. The molecule has 4 nitrogen and oxygen atoms in total. The zero-order valence-electron chi connectivity index (χ0n) is 8.18. The van der Waals surface area contributed by atoms with E-state index in [4.69, 9.17) is 15.9 Å². The van der Waals surface area contributed by atoms with Crippen molar-refractivity contribution in [3.05, 3.63) is 28.8 Å². The van der Waals surface area contributed by atoms with Gasteiger partial charge in [0.1, 0.15) is 6.04 Å². The summed E-state index contributed by atoms with van der Waals surface area (Å²) in [6, 6.07) is -1.72. The van der Waals surface area contributed by atoms with Crippen LogP contribution < -0.4 is 5.73 Å². The molecule has 4 N–H and O–H groups in total. The average Bonchev–Trinajstić information content (AvgIpc) is 2.29. The first kappa shape index (κ1) is 13.2. The highest BCUT2D eigenvalue weighted by Gasteiger charge is 2.27. The Kier molecular flexibility index (Phi) is 3.56. The molecule has 1 aromatic rings. The number of carbonyl (C=O) groups is 1. The maximum atomic E-state index is 13.1. The normalized spacial score (nSPS) is 12.5. The number of halogens is 4. The number of rotatable bonds is 3. The Bertz CT molecular complexity index is 449. The Labute approximate surface area is 92.3 Å². The van der Waals surface area contributed by atoms with Gasteiger partial charge in [0, 0.05) is 12.0 Å². The van der Waals surface area contributed by atoms with Crippen molar-refractivity contribution in [2.45, 2.75) is 12.5 Å². The molecule has 0 saturated carbocycles. The fourth-order valence-corrected chi connectivity index (χ4v) is 1.15. The lowest BCUT2D eigenvalue weighted by molar-refractivity contribution is -0.138. The fraction of sp³-hybridized carbons (Fsp3) is 0.222. The SMILES string of the molecule is N[C@@H](Cc1c(F)c(F)c(O)c(F)c1F)C(=O)O. The Balaban J connectivity index is 3.30. The van der Waals surface area contributed by atoms with Gasteiger partial charge in [0.05, 0.1) is 0 Å². The van der Waals surface area contributed by atoms with Crippen LogP contribution in [-0.2, 0) is 11.2 Å². The van der Waals surface area contributed by atoms with Gasteiger partial charge in [-0.1, -0.05) is 0 Å². The zero-order valence-corrected chi connectivity index (χ0v) is 8.18. The number of aliphatic carboxylic acids is 1. The molecular weight excluding hydrogens is 246 g/mol. The minimum atomic E-state index is -1.99. The van der Waals surface area contributed by atoms with Gasteiger partial charge in [-0.15, -0.1) is 0 Å². The number of aromatic hydroxyl groups is 1. The molecule has 1 rings (SSSR count). The molecule has 1 aromatic carbocycles. The summed E-state index contributed by atoms with van der Waals surface area (Å²) in [5.74, 6) is -11.1. The molecule has 8 heteroatoms. The molecule has 0 aromatic heterocycles. The molecule has 0 aliphatic rings. The quantitative estimate of drug-likeness (QED) is 0.552. The second kappa shape index (κ2) is 4.58. The molecule has 94 valence electrons. The standard InChI is InChI=1S/C9H7F4NO3/c10-4-2(1-3(14)9(16)17)5(11)7(13)8(15)6(4)12/h3,15H,1,14H2,(H,16,17)/t3-/m0/s1. The van der Waals surface area contributed by atoms with Gasteiger partial charge in [-0.2, -0.15) is 8.78 Å². The van der Waals surface area contributed by atoms with Crippen LogP contribution in [0.4, 0.5) is 17.6 Å². The van der Waals surface area contributed by atoms with Crippen LogP contribution in [0.2, 0.25) is 0 Å². The molecule has 0 saturated heterocycles. The maximum absolute atomic E-state index is 13.1. The van der Waals surface area contributed by atoms with Crippen LogP contribution in [0, 0.1) is 23.3 Å². The minimum absolute atomic E-state index is 0.943. The lowest BCUT2D eigenvalue weighted by Gasteiger charge is -2.10. The van der Waals surface area contributed by atoms with E-state index in [0.29, 0.717) is 0 Å². The van der Waals surface area contributed by atoms with E-state index in [2.05, 4.69) is 0 Å². The average molecular weight is 253 g/mol. The van der Waals surface area contributed by atoms with Crippen molar-refractivity contribution in [3.63, 3.8) is 0 Å². The van der Waals surface area contributed by atoms with Crippen molar-refractivity contribution in [3.8, 4) is 5.75 Å². The highest BCUT2D eigenvalue weighted by Crippen LogP contribution is 2.29. The van der Waals surface area contributed by atoms with Crippen molar-refractivity contribution < 1.29 is 32.6 Å². The van der Waals surface area contributed by atoms with E-state index in [0.717, 1.165) is 0 Å². The highest BCUT2D eigenvalue weighted by atomic mass is 19.2. The molecule has 0 aliphatic heterocycles. The second-order valence-electron chi connectivity index (χ2n) is 3.23. The van der Waals surface area contributed by atoms with E-state index in [1.807, 2.05) is 0 Å². The van der Waals surface area contributed by atoms with Crippen molar-refractivity contribution in [2.75, 3.05) is 0 Å². The molecule has 17 heavy (non-hydrogen) atoms. The minimum Gasteiger partial charge on any atom is -0.503 e. The first-order valence-corrected chi connectivity index (χ1v) is 4.29. The van der Waals surface area contributed by atoms with Crippen LogP contribution in [0.3, 0.4) is 0 Å². The van der Waals surface area contributed by atoms with E-state index in [9.17, 15) is 22.4 Å². The van der Waals surface area contributed by atoms with Gasteiger partial charge >= 0.3 is 5.97 Å². The van der Waals surface area contributed by atoms with Crippen LogP contribution in [0.1, 0.15) is 5.56 Å². The third kappa shape index (κ3) is 2.31. The number of benzene rings is 1. The molecular formula is C9H7F4NO3. The summed E-state index contributed by atoms with van der Waals surface area (Å²) in [4.78, 5) is 10.4. The predicted molar refractivity (Wildman–Crippen MR) is 47.3 cm³/mol. The monoisotopic (exact) mass is 253 g/mol. The van der Waals surface area contributed by atoms with E-state index in [1.165, 1.54) is 0 Å². The van der Waals surface area contributed by atoms with Crippen molar-refractivity contribution in [1.82, 2.24) is 0 Å². The molecule has 0 radical (unpaired) electrons. The summed E-state index contributed by atoms with van der Waals surface area (Å²) >= 11 is 0. The number of carboxylic acid groups (broad SMARTS) is 1. The van der Waals surface area contributed by atoms with Gasteiger partial charge in [0.15, 0.2) is 17.4 Å². The number of phenols is 1. The van der Waals surface area contributed by atoms with E-state index >= 15 is 0 Å². The lowest BCUT2D eigenvalue weighted by atomic mass is 10.0. The summed E-state index contributed by atoms with van der Waals surface area (Å²) in [6.07, 6.45) is -0.943. The van der Waals surface area contributed by atoms with Gasteiger partial charge < -0.3 is 15.9 Å². The van der Waals surface area contributed by atoms with Gasteiger partial charge in [-0.05, 0) is 0 Å². The van der Waals surface area contributed by atoms with Crippen LogP contribution in [0.15, 0.2) is 0 Å². The highest BCUT2D eigenvalue weighted by molar-refractivity contribution is 5.73. The third-order valence-electron chi connectivity index (χ3n) is 2.07. The van der Waals surface area contributed by atoms with Gasteiger partial charge in [-0.3, -0.25) is 4.79 Å². The lowest BCUT2D eigenvalue weighted by Crippen LogP contribution is -2.33. The Morgan fingerprint density at radius 2 is 1.53 bits per heavy atom. The maximum Gasteiger partial charge on any atom is 0.320 e. The smallest absolute Gasteiger partial charge is 0.320 e. The first-order chi connectivity index (χ1) is 7.77. The molecule has 0 spiro atoms. The fourth-order valence-electron chi connectivity index (χ4n) is 1.15. The van der Waals surface area contributed by atoms with Gasteiger partial charge in [-0.25, -0.2) is 8.78 Å². The Morgan fingerprint density at radius 3 is 1.88 bits per heavy atom. The molecule has 0 amide bonds. The summed E-state index contributed by atoms with van der Waals surface area (Å²) in [6.45, 7) is 0. The Morgan fingerprint density at radius 1 is 1.12 bits per heavy atom. The summed E-state index contributed by atoms with van der Waals surface area (Å²) in [7, 11) is 0. The molecule has 0 fully saturated rings. The summed E-state index contributed by atoms with van der Waals surface area (Å²) in [5, 5.41) is 17.1. The van der Waals surface area contributed by atoms with Crippen molar-refractivity contribution >= 4 is 5.97 Å². The number of nitrogens with two attached hydrogens (primary N) is 1. The molecule has 0 aliphatic carbocycles. The largest absolute Gasteiger partial charge is 0.503 e. The van der Waals surface area contributed by atoms with Gasteiger partial charge in [0.2, 0.25) is 11.6 Å². The number of hydrogen-bond acceptors (Lipinski definition) is 3. The first-order valence-electron chi connectivity index (χ1n) is 4.29. The summed E-state index contributed by atoms with van der Waals surface area (Å²) < 4.78 is 52.0. The van der Waals surface area contributed by atoms with Crippen molar-refractivity contribution in [2.24, 2.45) is 5.73 Å². The number of phenolic OH excluding ortho intramolecular Hbond substituents is 1. The topological polar surface area (TPSA) is 83.5 Å². The number of hydrogen-bond donors (Lipinski definition) is 3.